The van der Waals surface area contributed by atoms with E-state index in [1.54, 1.807) is 27.0 Å². The molecule has 0 bridgehead atoms. The monoisotopic (exact) mass is 349 g/mol. The normalized spacial score (nSPS) is 11.1. The lowest BCUT2D eigenvalue weighted by atomic mass is 10.1. The van der Waals surface area contributed by atoms with Crippen molar-refractivity contribution in [1.29, 1.82) is 0 Å². The minimum atomic E-state index is -0.462. The number of aryl methyl sites for hydroxylation is 2. The second kappa shape index (κ2) is 7.70. The number of esters is 1. The van der Waals surface area contributed by atoms with Crippen LogP contribution in [0.5, 0.6) is 0 Å². The predicted octanol–water partition coefficient (Wildman–Crippen LogP) is 3.56. The van der Waals surface area contributed by atoms with Crippen molar-refractivity contribution in [3.8, 4) is 0 Å². The highest BCUT2D eigenvalue weighted by molar-refractivity contribution is 7.99. The first-order chi connectivity index (χ1) is 11.4. The fourth-order valence-corrected chi connectivity index (χ4v) is 3.56. The van der Waals surface area contributed by atoms with Gasteiger partial charge in [0.1, 0.15) is 0 Å². The first-order valence-electron chi connectivity index (χ1n) is 7.91. The van der Waals surface area contributed by atoms with Gasteiger partial charge < -0.3 is 14.3 Å². The average molecular weight is 349 g/mol. The molecule has 1 N–H and O–H groups in total. The number of imidazole rings is 1. The summed E-state index contributed by atoms with van der Waals surface area (Å²) in [5, 5.41) is 0.793. The summed E-state index contributed by atoms with van der Waals surface area (Å²) in [5.74, 6) is -0.353. The lowest BCUT2D eigenvalue weighted by Crippen LogP contribution is -2.13. The molecule has 0 aliphatic carbocycles. The largest absolute Gasteiger partial charge is 0.462 e. The van der Waals surface area contributed by atoms with Crippen molar-refractivity contribution in [2.75, 3.05) is 12.4 Å². The van der Waals surface area contributed by atoms with Gasteiger partial charge in [-0.15, -0.1) is 0 Å². The maximum absolute atomic E-state index is 12.7. The second-order valence-electron chi connectivity index (χ2n) is 5.77. The number of nitrogens with one attached hydrogen (secondary N) is 1. The molecule has 0 fully saturated rings. The summed E-state index contributed by atoms with van der Waals surface area (Å²) in [4.78, 5) is 32.2. The molecule has 0 unspecified atom stereocenters. The van der Waals surface area contributed by atoms with Gasteiger partial charge in [0.15, 0.2) is 10.9 Å². The summed E-state index contributed by atoms with van der Waals surface area (Å²) >= 11 is 1.37. The fraction of sp³-hybridized carbons (Fsp3) is 0.471. The van der Waals surface area contributed by atoms with E-state index in [0.29, 0.717) is 22.5 Å². The third-order valence-corrected chi connectivity index (χ3v) is 4.64. The van der Waals surface area contributed by atoms with Crippen LogP contribution in [0.3, 0.4) is 0 Å². The van der Waals surface area contributed by atoms with Gasteiger partial charge in [-0.1, -0.05) is 11.8 Å². The van der Waals surface area contributed by atoms with E-state index in [-0.39, 0.29) is 24.2 Å². The molecule has 0 atom stereocenters. The van der Waals surface area contributed by atoms with Crippen molar-refractivity contribution < 1.29 is 14.3 Å². The van der Waals surface area contributed by atoms with Crippen LogP contribution in [0.4, 0.5) is 0 Å². The number of aromatic amines is 1. The van der Waals surface area contributed by atoms with E-state index in [1.165, 1.54) is 11.8 Å². The molecule has 0 saturated heterocycles. The third-order valence-electron chi connectivity index (χ3n) is 3.66. The number of nitrogens with zero attached hydrogens (tertiary/aromatic N) is 2. The molecule has 7 heteroatoms. The van der Waals surface area contributed by atoms with Crippen LogP contribution in [0.1, 0.15) is 58.9 Å². The second-order valence-corrected chi connectivity index (χ2v) is 6.71. The molecule has 2 aromatic rings. The summed E-state index contributed by atoms with van der Waals surface area (Å²) in [6.07, 6.45) is 3.62. The average Bonchev–Trinajstić information content (AvgIpc) is 3.09. The predicted molar refractivity (Wildman–Crippen MR) is 93.9 cm³/mol. The summed E-state index contributed by atoms with van der Waals surface area (Å²) < 4.78 is 7.09. The summed E-state index contributed by atoms with van der Waals surface area (Å²) in [6.45, 7) is 9.71. The number of Topliss-reactive ketones (excluding diaryl/α,β-unsaturated/α-hetero) is 1. The van der Waals surface area contributed by atoms with Gasteiger partial charge in [0.05, 0.1) is 23.5 Å². The smallest absolute Gasteiger partial charge is 0.340 e. The molecule has 0 aliphatic heterocycles. The van der Waals surface area contributed by atoms with Gasteiger partial charge >= 0.3 is 5.97 Å². The topological polar surface area (TPSA) is 77.0 Å². The van der Waals surface area contributed by atoms with Crippen molar-refractivity contribution in [1.82, 2.24) is 14.5 Å². The van der Waals surface area contributed by atoms with E-state index >= 15 is 0 Å². The maximum Gasteiger partial charge on any atom is 0.340 e. The van der Waals surface area contributed by atoms with Crippen molar-refractivity contribution in [3.63, 3.8) is 0 Å². The Labute approximate surface area is 146 Å². The SMILES string of the molecule is CCOC(=O)c1c(C)[nH]c(C)c1C(=O)CSc1nccn1C(C)C. The molecule has 0 amide bonds. The van der Waals surface area contributed by atoms with Gasteiger partial charge in [0, 0.05) is 29.8 Å². The Bertz CT molecular complexity index is 746. The molecular formula is C17H23N3O3S. The number of thioether (sulfide) groups is 1. The van der Waals surface area contributed by atoms with Crippen molar-refractivity contribution >= 4 is 23.5 Å². The van der Waals surface area contributed by atoms with Crippen LogP contribution < -0.4 is 0 Å². The quantitative estimate of drug-likeness (QED) is 0.470. The number of aromatic nitrogens is 3. The van der Waals surface area contributed by atoms with E-state index in [9.17, 15) is 9.59 Å². The Morgan fingerprint density at radius 3 is 2.58 bits per heavy atom. The number of ether oxygens (including phenoxy) is 1. The number of carbonyl (C=O) groups excluding carboxylic acids is 2. The lowest BCUT2D eigenvalue weighted by molar-refractivity contribution is 0.0522. The van der Waals surface area contributed by atoms with Crippen LogP contribution in [0.2, 0.25) is 0 Å². The maximum atomic E-state index is 12.7. The van der Waals surface area contributed by atoms with Crippen LogP contribution in [0.15, 0.2) is 17.6 Å². The summed E-state index contributed by atoms with van der Waals surface area (Å²) in [6, 6.07) is 0.274. The zero-order chi connectivity index (χ0) is 17.9. The highest BCUT2D eigenvalue weighted by Gasteiger charge is 2.25. The van der Waals surface area contributed by atoms with Gasteiger partial charge in [0.2, 0.25) is 0 Å². The first kappa shape index (κ1) is 18.3. The number of carbonyl (C=O) groups is 2. The van der Waals surface area contributed by atoms with E-state index in [4.69, 9.17) is 4.74 Å². The van der Waals surface area contributed by atoms with Crippen LogP contribution >= 0.6 is 11.8 Å². The van der Waals surface area contributed by atoms with Crippen molar-refractivity contribution in [2.24, 2.45) is 0 Å². The molecule has 2 rings (SSSR count). The van der Waals surface area contributed by atoms with E-state index in [0.717, 1.165) is 5.16 Å². The van der Waals surface area contributed by atoms with Crippen LogP contribution in [0, 0.1) is 13.8 Å². The van der Waals surface area contributed by atoms with Crippen LogP contribution in [-0.4, -0.2) is 38.6 Å². The van der Waals surface area contributed by atoms with Crippen LogP contribution in [0.25, 0.3) is 0 Å². The number of ketones is 1. The highest BCUT2D eigenvalue weighted by Crippen LogP contribution is 2.25. The number of H-pyrrole nitrogens is 1. The molecule has 6 nitrogen and oxygen atoms in total. The number of rotatable bonds is 7. The standard InChI is InChI=1S/C17H23N3O3S/c1-6-23-16(22)15-12(5)19-11(4)14(15)13(21)9-24-17-18-7-8-20(17)10(2)3/h7-8,10,19H,6,9H2,1-5H3. The van der Waals surface area contributed by atoms with Crippen molar-refractivity contribution in [2.45, 2.75) is 45.8 Å². The van der Waals surface area contributed by atoms with Gasteiger partial charge in [-0.25, -0.2) is 9.78 Å². The Hall–Kier alpha value is -2.02. The fourth-order valence-electron chi connectivity index (χ4n) is 2.59. The Morgan fingerprint density at radius 1 is 1.29 bits per heavy atom. The van der Waals surface area contributed by atoms with Gasteiger partial charge in [-0.3, -0.25) is 4.79 Å². The summed E-state index contributed by atoms with van der Waals surface area (Å²) in [7, 11) is 0. The zero-order valence-corrected chi connectivity index (χ0v) is 15.5. The molecular weight excluding hydrogens is 326 g/mol. The highest BCUT2D eigenvalue weighted by atomic mass is 32.2. The minimum Gasteiger partial charge on any atom is -0.462 e. The van der Waals surface area contributed by atoms with E-state index < -0.39 is 5.97 Å². The number of hydrogen-bond donors (Lipinski definition) is 1. The van der Waals surface area contributed by atoms with E-state index in [1.807, 2.05) is 10.8 Å². The molecule has 0 spiro atoms. The minimum absolute atomic E-state index is 0.108. The summed E-state index contributed by atoms with van der Waals surface area (Å²) in [5.41, 5.74) is 2.10. The molecule has 0 aromatic carbocycles. The Morgan fingerprint density at radius 2 is 1.96 bits per heavy atom. The molecule has 2 heterocycles. The lowest BCUT2D eigenvalue weighted by Gasteiger charge is -2.10. The molecule has 0 radical (unpaired) electrons. The van der Waals surface area contributed by atoms with Gasteiger partial charge in [0.25, 0.3) is 0 Å². The molecule has 24 heavy (non-hydrogen) atoms. The first-order valence-corrected chi connectivity index (χ1v) is 8.90. The molecule has 0 aliphatic rings. The molecule has 130 valence electrons. The van der Waals surface area contributed by atoms with Crippen LogP contribution in [-0.2, 0) is 4.74 Å². The van der Waals surface area contributed by atoms with E-state index in [2.05, 4.69) is 23.8 Å². The Kier molecular flexibility index (Phi) is 5.88. The Balaban J connectivity index is 2.21. The van der Waals surface area contributed by atoms with Gasteiger partial charge in [-0.2, -0.15) is 0 Å². The van der Waals surface area contributed by atoms with Gasteiger partial charge in [-0.05, 0) is 34.6 Å². The number of hydrogen-bond acceptors (Lipinski definition) is 5. The molecule has 2 aromatic heterocycles. The van der Waals surface area contributed by atoms with Crippen molar-refractivity contribution in [3.05, 3.63) is 34.9 Å². The third kappa shape index (κ3) is 3.72. The zero-order valence-electron chi connectivity index (χ0n) is 14.7. The molecule has 0 saturated carbocycles.